The second kappa shape index (κ2) is 7.65. The van der Waals surface area contributed by atoms with Gasteiger partial charge in [0.15, 0.2) is 0 Å². The fraction of sp³-hybridized carbons (Fsp3) is 0.522. The van der Waals surface area contributed by atoms with E-state index in [1.54, 1.807) is 0 Å². The van der Waals surface area contributed by atoms with Crippen molar-refractivity contribution in [1.82, 2.24) is 25.2 Å². The fourth-order valence-corrected chi connectivity index (χ4v) is 5.21. The van der Waals surface area contributed by atoms with E-state index in [0.717, 1.165) is 61.7 Å². The molecule has 2 N–H and O–H groups in total. The highest BCUT2D eigenvalue weighted by atomic mass is 16.2. The number of urea groups is 1. The maximum Gasteiger partial charge on any atom is 0.317 e. The van der Waals surface area contributed by atoms with E-state index in [1.165, 1.54) is 17.4 Å². The van der Waals surface area contributed by atoms with Gasteiger partial charge < -0.3 is 15.2 Å². The Morgan fingerprint density at radius 3 is 2.86 bits per heavy atom. The summed E-state index contributed by atoms with van der Waals surface area (Å²) in [5.41, 5.74) is 3.25. The van der Waals surface area contributed by atoms with Gasteiger partial charge in [0.05, 0.1) is 11.7 Å². The molecule has 0 bridgehead atoms. The van der Waals surface area contributed by atoms with Gasteiger partial charge in [0, 0.05) is 42.3 Å². The third-order valence-corrected chi connectivity index (χ3v) is 6.76. The fourth-order valence-electron chi connectivity index (χ4n) is 5.21. The van der Waals surface area contributed by atoms with E-state index in [-0.39, 0.29) is 12.1 Å². The minimum atomic E-state index is 0.134. The van der Waals surface area contributed by atoms with Crippen LogP contribution in [-0.4, -0.2) is 45.0 Å². The van der Waals surface area contributed by atoms with Gasteiger partial charge in [0.1, 0.15) is 5.65 Å². The van der Waals surface area contributed by atoms with Gasteiger partial charge in [-0.2, -0.15) is 0 Å². The maximum atomic E-state index is 12.7. The summed E-state index contributed by atoms with van der Waals surface area (Å²) in [6, 6.07) is 4.70. The van der Waals surface area contributed by atoms with Crippen LogP contribution in [-0.2, 0) is 0 Å². The van der Waals surface area contributed by atoms with E-state index in [4.69, 9.17) is 0 Å². The molecule has 152 valence electrons. The maximum absolute atomic E-state index is 12.7. The van der Waals surface area contributed by atoms with Gasteiger partial charge in [-0.25, -0.2) is 9.78 Å². The third-order valence-electron chi connectivity index (χ3n) is 6.76. The van der Waals surface area contributed by atoms with Crippen molar-refractivity contribution in [2.45, 2.75) is 57.4 Å². The van der Waals surface area contributed by atoms with Crippen molar-refractivity contribution in [1.29, 1.82) is 0 Å². The van der Waals surface area contributed by atoms with Gasteiger partial charge in [-0.15, -0.1) is 0 Å². The molecule has 1 aliphatic carbocycles. The van der Waals surface area contributed by atoms with E-state index >= 15 is 0 Å². The van der Waals surface area contributed by atoms with Crippen molar-refractivity contribution in [3.63, 3.8) is 0 Å². The molecule has 0 spiro atoms. The first kappa shape index (κ1) is 18.4. The summed E-state index contributed by atoms with van der Waals surface area (Å²) < 4.78 is 0. The molecule has 1 atom stereocenters. The highest BCUT2D eigenvalue weighted by Crippen LogP contribution is 2.38. The Morgan fingerprint density at radius 1 is 1.17 bits per heavy atom. The number of amides is 2. The number of carbonyl (C=O) groups is 1. The van der Waals surface area contributed by atoms with Gasteiger partial charge in [0.25, 0.3) is 0 Å². The molecule has 3 aromatic heterocycles. The van der Waals surface area contributed by atoms with Crippen molar-refractivity contribution in [3.8, 4) is 0 Å². The molecule has 2 fully saturated rings. The number of aromatic nitrogens is 3. The molecular weight excluding hydrogens is 362 g/mol. The van der Waals surface area contributed by atoms with Crippen LogP contribution in [0.1, 0.15) is 56.9 Å². The van der Waals surface area contributed by atoms with Crippen LogP contribution < -0.4 is 5.32 Å². The lowest BCUT2D eigenvalue weighted by molar-refractivity contribution is 0.163. The number of pyridine rings is 2. The second-order valence-electron chi connectivity index (χ2n) is 8.85. The first-order valence-corrected chi connectivity index (χ1v) is 10.9. The van der Waals surface area contributed by atoms with Crippen molar-refractivity contribution >= 4 is 28.0 Å². The Balaban J connectivity index is 1.29. The summed E-state index contributed by atoms with van der Waals surface area (Å²) in [7, 11) is 0. The lowest BCUT2D eigenvalue weighted by atomic mass is 9.80. The highest BCUT2D eigenvalue weighted by Gasteiger charge is 2.28. The van der Waals surface area contributed by atoms with Crippen LogP contribution in [0, 0.1) is 5.92 Å². The molecule has 2 amide bonds. The van der Waals surface area contributed by atoms with Crippen LogP contribution in [0.25, 0.3) is 21.9 Å². The van der Waals surface area contributed by atoms with Gasteiger partial charge in [0.2, 0.25) is 0 Å². The Hall–Kier alpha value is -2.63. The van der Waals surface area contributed by atoms with Crippen LogP contribution in [0.3, 0.4) is 0 Å². The van der Waals surface area contributed by atoms with Crippen LogP contribution in [0.2, 0.25) is 0 Å². The topological polar surface area (TPSA) is 73.9 Å². The van der Waals surface area contributed by atoms with E-state index in [0.29, 0.717) is 11.8 Å². The average Bonchev–Trinajstić information content (AvgIpc) is 3.23. The molecular formula is C23H29N5O. The molecule has 0 radical (unpaired) electrons. The molecule has 1 unspecified atom stereocenters. The second-order valence-corrected chi connectivity index (χ2v) is 8.85. The predicted molar refractivity (Wildman–Crippen MR) is 115 cm³/mol. The Morgan fingerprint density at radius 2 is 2.03 bits per heavy atom. The number of rotatable bonds is 2. The van der Waals surface area contributed by atoms with Crippen LogP contribution in [0.5, 0.6) is 0 Å². The van der Waals surface area contributed by atoms with Crippen LogP contribution in [0.4, 0.5) is 4.79 Å². The number of nitrogens with zero attached hydrogens (tertiary/aromatic N) is 3. The predicted octanol–water partition coefficient (Wildman–Crippen LogP) is 4.58. The van der Waals surface area contributed by atoms with Crippen LogP contribution >= 0.6 is 0 Å². The lowest BCUT2D eigenvalue weighted by Gasteiger charge is -2.34. The molecule has 3 aromatic rings. The summed E-state index contributed by atoms with van der Waals surface area (Å²) in [5.74, 6) is 1.12. The molecule has 1 saturated heterocycles. The molecule has 4 heterocycles. The number of nitrogens with one attached hydrogen (secondary N) is 2. The third kappa shape index (κ3) is 3.56. The normalized spacial score (nSPS) is 25.4. The average molecular weight is 392 g/mol. The van der Waals surface area contributed by atoms with E-state index in [1.807, 2.05) is 23.5 Å². The summed E-state index contributed by atoms with van der Waals surface area (Å²) in [6.07, 6.45) is 12.3. The quantitative estimate of drug-likeness (QED) is 0.671. The summed E-state index contributed by atoms with van der Waals surface area (Å²) in [5, 5.41) is 5.69. The number of H-pyrrole nitrogens is 1. The molecule has 5 rings (SSSR count). The zero-order chi connectivity index (χ0) is 19.8. The highest BCUT2D eigenvalue weighted by molar-refractivity contribution is 6.05. The van der Waals surface area contributed by atoms with Crippen molar-refractivity contribution in [3.05, 3.63) is 36.3 Å². The number of fused-ring (bicyclic) bond motifs is 3. The zero-order valence-corrected chi connectivity index (χ0v) is 17.0. The molecule has 1 saturated carbocycles. The minimum Gasteiger partial charge on any atom is -0.346 e. The van der Waals surface area contributed by atoms with Crippen LogP contribution in [0.15, 0.2) is 30.7 Å². The Labute approximate surface area is 171 Å². The number of aromatic amines is 1. The van der Waals surface area contributed by atoms with E-state index in [2.05, 4.69) is 39.3 Å². The van der Waals surface area contributed by atoms with E-state index in [9.17, 15) is 4.79 Å². The monoisotopic (exact) mass is 391 g/mol. The number of hydrogen-bond acceptors (Lipinski definition) is 3. The number of carbonyl (C=O) groups excluding carboxylic acids is 1. The van der Waals surface area contributed by atoms with Gasteiger partial charge in [-0.3, -0.25) is 4.98 Å². The van der Waals surface area contributed by atoms with Gasteiger partial charge in [-0.05, 0) is 68.1 Å². The first-order valence-electron chi connectivity index (χ1n) is 10.9. The standard InChI is InChI=1S/C23H29N5O/c1-15-3-2-12-28(14-15)23(29)27-17-6-4-16(5-7-17)18-8-10-24-20-13-26-22-19(21(18)20)9-11-25-22/h8-11,13,15-17H,2-7,12,14H2,1H3,(H,25,26)(H,27,29). The number of likely N-dealkylation sites (tertiary alicyclic amines) is 1. The SMILES string of the molecule is CC1CCCN(C(=O)NC2CCC(c3ccnc4cnc5[nH]ccc5c34)CC2)C1. The van der Waals surface area contributed by atoms with E-state index < -0.39 is 0 Å². The first-order chi connectivity index (χ1) is 14.2. The molecule has 29 heavy (non-hydrogen) atoms. The molecule has 2 aliphatic rings. The zero-order valence-electron chi connectivity index (χ0n) is 17.0. The number of piperidine rings is 1. The van der Waals surface area contributed by atoms with Gasteiger partial charge in [-0.1, -0.05) is 6.92 Å². The summed E-state index contributed by atoms with van der Waals surface area (Å²) in [6.45, 7) is 4.03. The summed E-state index contributed by atoms with van der Waals surface area (Å²) in [4.78, 5) is 26.9. The lowest BCUT2D eigenvalue weighted by Crippen LogP contribution is -2.49. The van der Waals surface area contributed by atoms with Crippen molar-refractivity contribution < 1.29 is 4.79 Å². The Kier molecular flexibility index (Phi) is 4.86. The molecule has 6 nitrogen and oxygen atoms in total. The van der Waals surface area contributed by atoms with Crippen molar-refractivity contribution in [2.75, 3.05) is 13.1 Å². The van der Waals surface area contributed by atoms with Crippen molar-refractivity contribution in [2.24, 2.45) is 5.92 Å². The molecule has 0 aromatic carbocycles. The molecule has 6 heteroatoms. The van der Waals surface area contributed by atoms with Gasteiger partial charge >= 0.3 is 6.03 Å². The minimum absolute atomic E-state index is 0.134. The summed E-state index contributed by atoms with van der Waals surface area (Å²) >= 11 is 0. The smallest absolute Gasteiger partial charge is 0.317 e. The molecule has 1 aliphatic heterocycles. The number of hydrogen-bond donors (Lipinski definition) is 2. The largest absolute Gasteiger partial charge is 0.346 e. The Bertz CT molecular complexity index is 1020.